The molecule has 3 aromatic carbocycles. The molecule has 3 amide bonds. The van der Waals surface area contributed by atoms with Crippen LogP contribution < -0.4 is 15.5 Å². The summed E-state index contributed by atoms with van der Waals surface area (Å²) in [5, 5.41) is 6.49. The lowest BCUT2D eigenvalue weighted by molar-refractivity contribution is 0.0951. The molecule has 5 rings (SSSR count). The third-order valence-electron chi connectivity index (χ3n) is 5.77. The van der Waals surface area contributed by atoms with Crippen molar-refractivity contribution in [2.75, 3.05) is 4.90 Å². The van der Waals surface area contributed by atoms with Crippen molar-refractivity contribution in [3.8, 4) is 11.1 Å². The van der Waals surface area contributed by atoms with Crippen molar-refractivity contribution < 1.29 is 9.59 Å². The zero-order valence-corrected chi connectivity index (χ0v) is 17.9. The Bertz CT molecular complexity index is 1200. The van der Waals surface area contributed by atoms with Crippen molar-refractivity contribution >= 4 is 34.9 Å². The molecule has 1 saturated carbocycles. The number of halogens is 1. The Labute approximate surface area is 186 Å². The van der Waals surface area contributed by atoms with Crippen LogP contribution in [0.3, 0.4) is 0 Å². The number of benzene rings is 3. The summed E-state index contributed by atoms with van der Waals surface area (Å²) in [6.45, 7) is 2.47. The van der Waals surface area contributed by atoms with Crippen LogP contribution in [0.25, 0.3) is 11.1 Å². The molecule has 0 aromatic heterocycles. The summed E-state index contributed by atoms with van der Waals surface area (Å²) >= 11 is 6.37. The second kappa shape index (κ2) is 7.75. The van der Waals surface area contributed by atoms with Gasteiger partial charge in [0.2, 0.25) is 0 Å². The number of carbonyl (C=O) groups excluding carboxylic acids is 2. The quantitative estimate of drug-likeness (QED) is 0.567. The lowest BCUT2D eigenvalue weighted by atomic mass is 9.95. The maximum absolute atomic E-state index is 12.6. The normalized spacial score (nSPS) is 15.3. The fourth-order valence-electron chi connectivity index (χ4n) is 3.91. The van der Waals surface area contributed by atoms with Gasteiger partial charge in [0.25, 0.3) is 5.91 Å². The van der Waals surface area contributed by atoms with E-state index in [1.165, 1.54) is 0 Å². The molecule has 156 valence electrons. The van der Waals surface area contributed by atoms with E-state index in [1.54, 1.807) is 11.0 Å². The van der Waals surface area contributed by atoms with E-state index in [9.17, 15) is 9.59 Å². The number of para-hydroxylation sites is 1. The summed E-state index contributed by atoms with van der Waals surface area (Å²) in [4.78, 5) is 26.8. The molecule has 1 heterocycles. The van der Waals surface area contributed by atoms with Crippen molar-refractivity contribution in [2.45, 2.75) is 32.4 Å². The first-order valence-electron chi connectivity index (χ1n) is 10.4. The van der Waals surface area contributed by atoms with Crippen LogP contribution in [0.2, 0.25) is 5.02 Å². The number of anilines is 2. The van der Waals surface area contributed by atoms with Gasteiger partial charge in [0.1, 0.15) is 0 Å². The Balaban J connectivity index is 1.53. The van der Waals surface area contributed by atoms with E-state index < -0.39 is 0 Å². The molecular weight excluding hydrogens is 410 g/mol. The molecule has 2 N–H and O–H groups in total. The maximum atomic E-state index is 12.6. The number of urea groups is 1. The number of carbonyl (C=O) groups is 2. The Hall–Kier alpha value is -3.31. The van der Waals surface area contributed by atoms with Crippen LogP contribution in [0.5, 0.6) is 0 Å². The Morgan fingerprint density at radius 3 is 2.65 bits per heavy atom. The summed E-state index contributed by atoms with van der Waals surface area (Å²) in [6.07, 6.45) is 2.12. The fraction of sp³-hybridized carbons (Fsp3) is 0.200. The zero-order chi connectivity index (χ0) is 21.5. The molecule has 0 bridgehead atoms. The number of nitrogens with zero attached hydrogens (tertiary/aromatic N) is 1. The SMILES string of the molecule is Cc1ccc(C(=O)NC2CC2)cc1-c1ccc2c(c1)CNC(=O)N2c1ccccc1Cl. The predicted molar refractivity (Wildman–Crippen MR) is 123 cm³/mol. The van der Waals surface area contributed by atoms with E-state index >= 15 is 0 Å². The summed E-state index contributed by atoms with van der Waals surface area (Å²) in [5.74, 6) is -0.0288. The highest BCUT2D eigenvalue weighted by atomic mass is 35.5. The molecule has 1 aliphatic heterocycles. The van der Waals surface area contributed by atoms with Gasteiger partial charge in [0, 0.05) is 18.2 Å². The summed E-state index contributed by atoms with van der Waals surface area (Å²) < 4.78 is 0. The van der Waals surface area contributed by atoms with Crippen molar-refractivity contribution in [2.24, 2.45) is 0 Å². The highest BCUT2D eigenvalue weighted by Gasteiger charge is 2.27. The molecule has 3 aromatic rings. The van der Waals surface area contributed by atoms with E-state index in [1.807, 2.05) is 55.5 Å². The van der Waals surface area contributed by atoms with Crippen molar-refractivity contribution in [3.63, 3.8) is 0 Å². The molecule has 0 spiro atoms. The van der Waals surface area contributed by atoms with Gasteiger partial charge in [0.05, 0.1) is 16.4 Å². The highest BCUT2D eigenvalue weighted by Crippen LogP contribution is 2.38. The minimum Gasteiger partial charge on any atom is -0.349 e. The second-order valence-corrected chi connectivity index (χ2v) is 8.47. The van der Waals surface area contributed by atoms with E-state index in [0.29, 0.717) is 28.9 Å². The fourth-order valence-corrected chi connectivity index (χ4v) is 4.14. The van der Waals surface area contributed by atoms with Gasteiger partial charge in [0.15, 0.2) is 0 Å². The number of aryl methyl sites for hydroxylation is 1. The van der Waals surface area contributed by atoms with Crippen LogP contribution >= 0.6 is 11.6 Å². The van der Waals surface area contributed by atoms with Gasteiger partial charge in [-0.15, -0.1) is 0 Å². The Morgan fingerprint density at radius 1 is 1.06 bits per heavy atom. The van der Waals surface area contributed by atoms with Crippen LogP contribution in [0.1, 0.15) is 34.3 Å². The summed E-state index contributed by atoms with van der Waals surface area (Å²) in [5.41, 5.74) is 6.21. The first-order valence-corrected chi connectivity index (χ1v) is 10.8. The van der Waals surface area contributed by atoms with E-state index in [2.05, 4.69) is 16.7 Å². The number of fused-ring (bicyclic) bond motifs is 1. The molecule has 2 aliphatic rings. The lowest BCUT2D eigenvalue weighted by Gasteiger charge is -2.31. The minimum atomic E-state index is -0.205. The van der Waals surface area contributed by atoms with Gasteiger partial charge >= 0.3 is 6.03 Å². The number of nitrogens with one attached hydrogen (secondary N) is 2. The molecular formula is C25H22ClN3O2. The van der Waals surface area contributed by atoms with E-state index in [-0.39, 0.29) is 11.9 Å². The Morgan fingerprint density at radius 2 is 1.87 bits per heavy atom. The third-order valence-corrected chi connectivity index (χ3v) is 6.09. The van der Waals surface area contributed by atoms with Crippen molar-refractivity contribution in [3.05, 3.63) is 82.4 Å². The number of hydrogen-bond acceptors (Lipinski definition) is 2. The Kier molecular flexibility index (Phi) is 4.91. The molecule has 0 saturated heterocycles. The first-order chi connectivity index (χ1) is 15.0. The van der Waals surface area contributed by atoms with Crippen LogP contribution in [0, 0.1) is 6.92 Å². The monoisotopic (exact) mass is 431 g/mol. The molecule has 0 atom stereocenters. The van der Waals surface area contributed by atoms with Crippen LogP contribution in [-0.4, -0.2) is 18.0 Å². The van der Waals surface area contributed by atoms with E-state index in [0.717, 1.165) is 40.8 Å². The van der Waals surface area contributed by atoms with Crippen molar-refractivity contribution in [1.82, 2.24) is 10.6 Å². The molecule has 6 heteroatoms. The standard InChI is InChI=1S/C25H22ClN3O2/c1-15-6-7-17(24(30)28-19-9-10-19)13-20(15)16-8-11-22-18(12-16)14-27-25(31)29(22)23-5-3-2-4-21(23)26/h2-8,11-13,19H,9-10,14H2,1H3,(H,27,31)(H,28,30). The van der Waals surface area contributed by atoms with Crippen molar-refractivity contribution in [1.29, 1.82) is 0 Å². The maximum Gasteiger partial charge on any atom is 0.326 e. The van der Waals surface area contributed by atoms with Gasteiger partial charge in [-0.1, -0.05) is 35.9 Å². The lowest BCUT2D eigenvalue weighted by Crippen LogP contribution is -2.41. The largest absolute Gasteiger partial charge is 0.349 e. The highest BCUT2D eigenvalue weighted by molar-refractivity contribution is 6.34. The van der Waals surface area contributed by atoms with Gasteiger partial charge in [-0.2, -0.15) is 0 Å². The van der Waals surface area contributed by atoms with E-state index in [4.69, 9.17) is 11.6 Å². The molecule has 1 aliphatic carbocycles. The first kappa shape index (κ1) is 19.6. The van der Waals surface area contributed by atoms with Gasteiger partial charge < -0.3 is 10.6 Å². The smallest absolute Gasteiger partial charge is 0.326 e. The van der Waals surface area contributed by atoms with Crippen LogP contribution in [0.15, 0.2) is 60.7 Å². The molecule has 0 unspecified atom stereocenters. The molecule has 1 fully saturated rings. The van der Waals surface area contributed by atoms with Crippen LogP contribution in [0.4, 0.5) is 16.2 Å². The summed E-state index contributed by atoms with van der Waals surface area (Å²) in [6, 6.07) is 19.2. The van der Waals surface area contributed by atoms with Gasteiger partial charge in [-0.25, -0.2) is 4.79 Å². The molecule has 0 radical (unpaired) electrons. The number of hydrogen-bond donors (Lipinski definition) is 2. The average Bonchev–Trinajstić information content (AvgIpc) is 3.58. The second-order valence-electron chi connectivity index (χ2n) is 8.07. The molecule has 31 heavy (non-hydrogen) atoms. The van der Waals surface area contributed by atoms with Crippen LogP contribution in [-0.2, 0) is 6.54 Å². The van der Waals surface area contributed by atoms with Gasteiger partial charge in [-0.3, -0.25) is 9.69 Å². The van der Waals surface area contributed by atoms with Gasteiger partial charge in [-0.05, 0) is 78.4 Å². The topological polar surface area (TPSA) is 61.4 Å². The summed E-state index contributed by atoms with van der Waals surface area (Å²) in [7, 11) is 0. The minimum absolute atomic E-state index is 0.0288. The molecule has 5 nitrogen and oxygen atoms in total. The number of rotatable bonds is 4. The predicted octanol–water partition coefficient (Wildman–Crippen LogP) is 5.57. The third kappa shape index (κ3) is 3.77. The average molecular weight is 432 g/mol. The zero-order valence-electron chi connectivity index (χ0n) is 17.1. The number of amides is 3.